The molecule has 29 heavy (non-hydrogen) atoms. The van der Waals surface area contributed by atoms with Crippen LogP contribution in [0.2, 0.25) is 0 Å². The lowest BCUT2D eigenvalue weighted by atomic mass is 10.2. The number of ether oxygens (including phenoxy) is 1. The number of carbonyl (C=O) groups excluding carboxylic acids is 1. The quantitative estimate of drug-likeness (QED) is 0.312. The first-order valence-corrected chi connectivity index (χ1v) is 10.6. The molecule has 0 atom stereocenters. The van der Waals surface area contributed by atoms with Crippen molar-refractivity contribution in [3.05, 3.63) is 63.6 Å². The first-order valence-electron chi connectivity index (χ1n) is 8.63. The van der Waals surface area contributed by atoms with E-state index in [-0.39, 0.29) is 12.5 Å². The van der Waals surface area contributed by atoms with Crippen molar-refractivity contribution in [3.63, 3.8) is 0 Å². The molecule has 0 saturated heterocycles. The van der Waals surface area contributed by atoms with Gasteiger partial charge in [0, 0.05) is 28.5 Å². The summed E-state index contributed by atoms with van der Waals surface area (Å²) in [7, 11) is 0. The van der Waals surface area contributed by atoms with Gasteiger partial charge in [-0.3, -0.25) is 0 Å². The van der Waals surface area contributed by atoms with Crippen LogP contribution in [0, 0.1) is 13.8 Å². The van der Waals surface area contributed by atoms with Crippen molar-refractivity contribution in [3.8, 4) is 11.4 Å². The van der Waals surface area contributed by atoms with Gasteiger partial charge in [0.25, 0.3) is 5.89 Å². The van der Waals surface area contributed by atoms with E-state index in [1.165, 1.54) is 23.1 Å². The minimum absolute atomic E-state index is 0.112. The lowest BCUT2D eigenvalue weighted by molar-refractivity contribution is 0.0424. The zero-order chi connectivity index (χ0) is 20.2. The smallest absolute Gasteiger partial charge is 0.341 e. The molecule has 0 fully saturated rings. The van der Waals surface area contributed by atoms with Crippen LogP contribution in [-0.4, -0.2) is 26.3 Å². The summed E-state index contributed by atoms with van der Waals surface area (Å²) < 4.78 is 15.7. The zero-order valence-corrected chi connectivity index (χ0v) is 17.2. The second-order valence-electron chi connectivity index (χ2n) is 6.05. The average Bonchev–Trinajstić information content (AvgIpc) is 3.47. The maximum atomic E-state index is 12.6. The van der Waals surface area contributed by atoms with Gasteiger partial charge in [0.1, 0.15) is 10.8 Å². The third-order valence-corrected chi connectivity index (χ3v) is 5.81. The SMILES string of the molecule is Cc1noc(C)c1CSc1ncccc1C(=O)OCc1nc(-c2ccsc2)no1. The van der Waals surface area contributed by atoms with E-state index in [9.17, 15) is 4.79 Å². The van der Waals surface area contributed by atoms with E-state index >= 15 is 0 Å². The Morgan fingerprint density at radius 3 is 2.90 bits per heavy atom. The number of esters is 1. The third kappa shape index (κ3) is 4.38. The monoisotopic (exact) mass is 428 g/mol. The molecule has 4 aromatic heterocycles. The molecule has 0 aliphatic heterocycles. The van der Waals surface area contributed by atoms with Gasteiger partial charge in [-0.1, -0.05) is 10.3 Å². The fraction of sp³-hybridized carbons (Fsp3) is 0.211. The maximum absolute atomic E-state index is 12.6. The van der Waals surface area contributed by atoms with E-state index in [0.717, 1.165) is 22.6 Å². The molecule has 4 aromatic rings. The van der Waals surface area contributed by atoms with Gasteiger partial charge in [-0.15, -0.1) is 11.8 Å². The maximum Gasteiger partial charge on any atom is 0.341 e. The van der Waals surface area contributed by atoms with Crippen LogP contribution in [-0.2, 0) is 17.1 Å². The summed E-state index contributed by atoms with van der Waals surface area (Å²) in [6, 6.07) is 5.26. The highest BCUT2D eigenvalue weighted by Gasteiger charge is 2.18. The van der Waals surface area contributed by atoms with Gasteiger partial charge in [0.2, 0.25) is 5.82 Å². The molecule has 8 nitrogen and oxygen atoms in total. The van der Waals surface area contributed by atoms with Gasteiger partial charge in [-0.05, 0) is 37.4 Å². The Labute approximate surface area is 174 Å². The van der Waals surface area contributed by atoms with Crippen LogP contribution in [0.25, 0.3) is 11.4 Å². The topological polar surface area (TPSA) is 104 Å². The number of hydrogen-bond donors (Lipinski definition) is 0. The van der Waals surface area contributed by atoms with E-state index in [1.54, 1.807) is 18.3 Å². The van der Waals surface area contributed by atoms with Gasteiger partial charge in [0.05, 0.1) is 11.3 Å². The van der Waals surface area contributed by atoms with E-state index in [4.69, 9.17) is 13.8 Å². The van der Waals surface area contributed by atoms with Gasteiger partial charge in [-0.2, -0.15) is 16.3 Å². The zero-order valence-electron chi connectivity index (χ0n) is 15.6. The molecule has 0 unspecified atom stereocenters. The Hall–Kier alpha value is -2.98. The van der Waals surface area contributed by atoms with Crippen LogP contribution in [0.15, 0.2) is 49.2 Å². The van der Waals surface area contributed by atoms with Crippen molar-refractivity contribution < 1.29 is 18.6 Å². The van der Waals surface area contributed by atoms with Crippen molar-refractivity contribution in [2.75, 3.05) is 0 Å². The molecule has 0 aliphatic carbocycles. The molecule has 4 heterocycles. The van der Waals surface area contributed by atoms with Crippen LogP contribution in [0.1, 0.15) is 33.3 Å². The summed E-state index contributed by atoms with van der Waals surface area (Å²) in [5.41, 5.74) is 3.06. The Balaban J connectivity index is 1.41. The molecule has 0 spiro atoms. The minimum atomic E-state index is -0.505. The molecule has 0 amide bonds. The minimum Gasteiger partial charge on any atom is -0.452 e. The summed E-state index contributed by atoms with van der Waals surface area (Å²) in [6.45, 7) is 3.63. The molecule has 0 saturated carbocycles. The average molecular weight is 428 g/mol. The van der Waals surface area contributed by atoms with Crippen LogP contribution in [0.3, 0.4) is 0 Å². The highest BCUT2D eigenvalue weighted by Crippen LogP contribution is 2.27. The number of thiophene rings is 1. The van der Waals surface area contributed by atoms with Gasteiger partial charge < -0.3 is 13.8 Å². The second kappa shape index (κ2) is 8.58. The molecule has 0 aliphatic rings. The fourth-order valence-corrected chi connectivity index (χ4v) is 4.31. The number of nitrogens with zero attached hydrogens (tertiary/aromatic N) is 4. The van der Waals surface area contributed by atoms with Crippen molar-refractivity contribution in [2.45, 2.75) is 31.2 Å². The summed E-state index contributed by atoms with van der Waals surface area (Å²) in [4.78, 5) is 21.1. The molecule has 10 heteroatoms. The largest absolute Gasteiger partial charge is 0.452 e. The van der Waals surface area contributed by atoms with E-state index in [0.29, 0.717) is 22.2 Å². The fourth-order valence-electron chi connectivity index (χ4n) is 2.54. The summed E-state index contributed by atoms with van der Waals surface area (Å²) in [5, 5.41) is 12.3. The van der Waals surface area contributed by atoms with Crippen LogP contribution in [0.4, 0.5) is 0 Å². The number of pyridine rings is 1. The number of thioether (sulfide) groups is 1. The molecule has 0 radical (unpaired) electrons. The summed E-state index contributed by atoms with van der Waals surface area (Å²) in [6.07, 6.45) is 1.64. The summed E-state index contributed by atoms with van der Waals surface area (Å²) in [5.74, 6) is 1.54. The number of carbonyl (C=O) groups is 1. The number of aromatic nitrogens is 4. The predicted octanol–water partition coefficient (Wildman–Crippen LogP) is 4.45. The molecule has 0 bridgehead atoms. The molecular formula is C19H16N4O4S2. The highest BCUT2D eigenvalue weighted by atomic mass is 32.2. The van der Waals surface area contributed by atoms with Gasteiger partial charge >= 0.3 is 5.97 Å². The molecule has 4 rings (SSSR count). The molecule has 0 N–H and O–H groups in total. The molecular weight excluding hydrogens is 412 g/mol. The van der Waals surface area contributed by atoms with Gasteiger partial charge in [-0.25, -0.2) is 9.78 Å². The van der Waals surface area contributed by atoms with Crippen molar-refractivity contribution >= 4 is 29.1 Å². The highest BCUT2D eigenvalue weighted by molar-refractivity contribution is 7.98. The predicted molar refractivity (Wildman–Crippen MR) is 107 cm³/mol. The Bertz CT molecular complexity index is 1100. The normalized spacial score (nSPS) is 11.0. The first kappa shape index (κ1) is 19.3. The van der Waals surface area contributed by atoms with Crippen LogP contribution < -0.4 is 0 Å². The van der Waals surface area contributed by atoms with Crippen molar-refractivity contribution in [2.24, 2.45) is 0 Å². The Morgan fingerprint density at radius 1 is 1.24 bits per heavy atom. The lowest BCUT2D eigenvalue weighted by Gasteiger charge is -2.07. The summed E-state index contributed by atoms with van der Waals surface area (Å²) >= 11 is 2.96. The third-order valence-electron chi connectivity index (χ3n) is 4.10. The van der Waals surface area contributed by atoms with E-state index in [1.807, 2.05) is 30.7 Å². The Morgan fingerprint density at radius 2 is 2.14 bits per heavy atom. The molecule has 148 valence electrons. The van der Waals surface area contributed by atoms with Gasteiger partial charge in [0.15, 0.2) is 6.61 Å². The van der Waals surface area contributed by atoms with Crippen molar-refractivity contribution in [1.82, 2.24) is 20.3 Å². The lowest BCUT2D eigenvalue weighted by Crippen LogP contribution is -2.08. The Kier molecular flexibility index (Phi) is 5.72. The van der Waals surface area contributed by atoms with E-state index in [2.05, 4.69) is 20.3 Å². The molecule has 0 aromatic carbocycles. The number of aryl methyl sites for hydroxylation is 2. The van der Waals surface area contributed by atoms with E-state index < -0.39 is 5.97 Å². The second-order valence-corrected chi connectivity index (χ2v) is 7.79. The van der Waals surface area contributed by atoms with Crippen LogP contribution in [0.5, 0.6) is 0 Å². The number of rotatable bonds is 7. The first-order chi connectivity index (χ1) is 14.1. The standard InChI is InChI=1S/C19H16N4O4S2/c1-11-15(12(2)26-22-11)10-29-18-14(4-3-6-20-18)19(24)25-8-16-21-17(23-27-16)13-5-7-28-9-13/h3-7,9H,8,10H2,1-2H3. The van der Waals surface area contributed by atoms with Crippen LogP contribution >= 0.6 is 23.1 Å². The number of hydrogen-bond acceptors (Lipinski definition) is 10. The van der Waals surface area contributed by atoms with Crippen molar-refractivity contribution in [1.29, 1.82) is 0 Å².